The fraction of sp³-hybridized carbons (Fsp3) is 0.250. The van der Waals surface area contributed by atoms with Crippen LogP contribution in [0.5, 0.6) is 0 Å². The molecule has 1 aromatic rings. The van der Waals surface area contributed by atoms with Crippen LogP contribution in [0.25, 0.3) is 0 Å². The number of pyridine rings is 1. The minimum Gasteiger partial charge on any atom is -0.469 e. The molecule has 1 heterocycles. The number of aromatic nitrogens is 1. The lowest BCUT2D eigenvalue weighted by atomic mass is 10.3. The monoisotopic (exact) mass is 245 g/mol. The van der Waals surface area contributed by atoms with Crippen LogP contribution in [0, 0.1) is 0 Å². The standard InChI is InChI=1S/C8H8BrNO3/c1-13-8(12)3-5-2-7(11)6(9)4-10-5/h2,4H,3H2,1H3,(H,10,11). The second-order valence-corrected chi connectivity index (χ2v) is 3.28. The average Bonchev–Trinajstić information content (AvgIpc) is 2.11. The van der Waals surface area contributed by atoms with Gasteiger partial charge in [0.25, 0.3) is 0 Å². The lowest BCUT2D eigenvalue weighted by molar-refractivity contribution is -0.139. The summed E-state index contributed by atoms with van der Waals surface area (Å²) in [7, 11) is 1.30. The Bertz CT molecular complexity index is 372. The Morgan fingerprint density at radius 3 is 2.92 bits per heavy atom. The maximum atomic E-state index is 11.1. The van der Waals surface area contributed by atoms with Gasteiger partial charge in [-0.2, -0.15) is 0 Å². The van der Waals surface area contributed by atoms with Crippen molar-refractivity contribution < 1.29 is 9.53 Å². The Morgan fingerprint density at radius 1 is 1.69 bits per heavy atom. The summed E-state index contributed by atoms with van der Waals surface area (Å²) in [6, 6.07) is 1.36. The molecule has 0 amide bonds. The SMILES string of the molecule is COC(=O)Cc1cc(=O)c(Br)c[nH]1. The number of esters is 1. The Hall–Kier alpha value is -1.10. The Balaban J connectivity index is 2.86. The van der Waals surface area contributed by atoms with E-state index in [1.165, 1.54) is 19.4 Å². The van der Waals surface area contributed by atoms with Crippen LogP contribution in [0.2, 0.25) is 0 Å². The van der Waals surface area contributed by atoms with E-state index in [1.54, 1.807) is 0 Å². The summed E-state index contributed by atoms with van der Waals surface area (Å²) in [5.41, 5.74) is 0.387. The molecule has 0 aromatic carbocycles. The molecule has 0 aliphatic heterocycles. The number of methoxy groups -OCH3 is 1. The van der Waals surface area contributed by atoms with E-state index >= 15 is 0 Å². The highest BCUT2D eigenvalue weighted by molar-refractivity contribution is 9.10. The van der Waals surface area contributed by atoms with Crippen LogP contribution in [-0.4, -0.2) is 18.1 Å². The largest absolute Gasteiger partial charge is 0.469 e. The molecule has 1 N–H and O–H groups in total. The van der Waals surface area contributed by atoms with Crippen molar-refractivity contribution in [3.8, 4) is 0 Å². The predicted octanol–water partition coefficient (Wildman–Crippen LogP) is 0.853. The predicted molar refractivity (Wildman–Crippen MR) is 50.5 cm³/mol. The summed E-state index contributed by atoms with van der Waals surface area (Å²) >= 11 is 3.05. The van der Waals surface area contributed by atoms with E-state index in [1.807, 2.05) is 0 Å². The summed E-state index contributed by atoms with van der Waals surface area (Å²) < 4.78 is 4.90. The molecule has 0 saturated carbocycles. The summed E-state index contributed by atoms with van der Waals surface area (Å²) in [5.74, 6) is -0.377. The van der Waals surface area contributed by atoms with E-state index in [0.717, 1.165) is 0 Å². The van der Waals surface area contributed by atoms with Crippen LogP contribution in [0.15, 0.2) is 21.5 Å². The van der Waals surface area contributed by atoms with Crippen molar-refractivity contribution >= 4 is 21.9 Å². The summed E-state index contributed by atoms with van der Waals surface area (Å²) in [6.45, 7) is 0. The number of hydrogen-bond donors (Lipinski definition) is 1. The molecular formula is C8H8BrNO3. The van der Waals surface area contributed by atoms with Gasteiger partial charge >= 0.3 is 5.97 Å². The number of hydrogen-bond acceptors (Lipinski definition) is 3. The van der Waals surface area contributed by atoms with Crippen molar-refractivity contribution in [1.82, 2.24) is 4.98 Å². The van der Waals surface area contributed by atoms with Crippen LogP contribution < -0.4 is 5.43 Å². The number of nitrogens with one attached hydrogen (secondary N) is 1. The highest BCUT2D eigenvalue weighted by atomic mass is 79.9. The maximum Gasteiger partial charge on any atom is 0.311 e. The lowest BCUT2D eigenvalue weighted by Gasteiger charge is -1.99. The Labute approximate surface area is 83.1 Å². The van der Waals surface area contributed by atoms with Crippen molar-refractivity contribution in [1.29, 1.82) is 0 Å². The fourth-order valence-electron chi connectivity index (χ4n) is 0.826. The number of ether oxygens (including phenoxy) is 1. The molecule has 0 spiro atoms. The van der Waals surface area contributed by atoms with E-state index in [4.69, 9.17) is 0 Å². The van der Waals surface area contributed by atoms with Gasteiger partial charge in [0.2, 0.25) is 0 Å². The van der Waals surface area contributed by atoms with Crippen molar-refractivity contribution in [2.24, 2.45) is 0 Å². The molecule has 5 heteroatoms. The van der Waals surface area contributed by atoms with Gasteiger partial charge < -0.3 is 9.72 Å². The average molecular weight is 246 g/mol. The smallest absolute Gasteiger partial charge is 0.311 e. The molecule has 0 aliphatic carbocycles. The van der Waals surface area contributed by atoms with Crippen LogP contribution in [-0.2, 0) is 16.0 Å². The number of carbonyl (C=O) groups is 1. The van der Waals surface area contributed by atoms with E-state index in [9.17, 15) is 9.59 Å². The minimum absolute atomic E-state index is 0.0824. The first-order chi connectivity index (χ1) is 6.13. The third-order valence-corrected chi connectivity index (χ3v) is 2.11. The van der Waals surface area contributed by atoms with Gasteiger partial charge in [-0.3, -0.25) is 9.59 Å². The zero-order valence-electron chi connectivity index (χ0n) is 6.96. The molecule has 0 radical (unpaired) electrons. The fourth-order valence-corrected chi connectivity index (χ4v) is 1.05. The summed E-state index contributed by atoms with van der Waals surface area (Å²) in [5, 5.41) is 0. The summed E-state index contributed by atoms with van der Waals surface area (Å²) in [6.07, 6.45) is 1.58. The zero-order chi connectivity index (χ0) is 9.84. The molecule has 4 nitrogen and oxygen atoms in total. The van der Waals surface area contributed by atoms with Gasteiger partial charge in [-0.1, -0.05) is 0 Å². The van der Waals surface area contributed by atoms with Crippen LogP contribution >= 0.6 is 15.9 Å². The van der Waals surface area contributed by atoms with Gasteiger partial charge in [-0.05, 0) is 15.9 Å². The second-order valence-electron chi connectivity index (χ2n) is 2.42. The Morgan fingerprint density at radius 2 is 2.38 bits per heavy atom. The van der Waals surface area contributed by atoms with E-state index in [0.29, 0.717) is 10.2 Å². The minimum atomic E-state index is -0.377. The molecule has 70 valence electrons. The summed E-state index contributed by atoms with van der Waals surface area (Å²) in [4.78, 5) is 24.7. The number of carbonyl (C=O) groups excluding carboxylic acids is 1. The quantitative estimate of drug-likeness (QED) is 0.787. The van der Waals surface area contributed by atoms with Crippen molar-refractivity contribution in [2.45, 2.75) is 6.42 Å². The van der Waals surface area contributed by atoms with Gasteiger partial charge in [0.05, 0.1) is 18.0 Å². The first kappa shape index (κ1) is 9.98. The van der Waals surface area contributed by atoms with Gasteiger partial charge in [-0.25, -0.2) is 0 Å². The van der Waals surface area contributed by atoms with Crippen molar-refractivity contribution in [3.05, 3.63) is 32.7 Å². The van der Waals surface area contributed by atoms with E-state index in [2.05, 4.69) is 25.7 Å². The van der Waals surface area contributed by atoms with Crippen LogP contribution in [0.4, 0.5) is 0 Å². The number of halogens is 1. The Kier molecular flexibility index (Phi) is 3.25. The first-order valence-corrected chi connectivity index (χ1v) is 4.36. The normalized spacial score (nSPS) is 9.69. The topological polar surface area (TPSA) is 59.2 Å². The van der Waals surface area contributed by atoms with E-state index in [-0.39, 0.29) is 17.8 Å². The van der Waals surface area contributed by atoms with Gasteiger partial charge in [0, 0.05) is 18.0 Å². The molecule has 0 atom stereocenters. The van der Waals surface area contributed by atoms with Crippen LogP contribution in [0.3, 0.4) is 0 Å². The molecule has 13 heavy (non-hydrogen) atoms. The molecule has 0 aliphatic rings. The molecule has 0 unspecified atom stereocenters. The third-order valence-electron chi connectivity index (χ3n) is 1.49. The molecular weight excluding hydrogens is 238 g/mol. The first-order valence-electron chi connectivity index (χ1n) is 3.57. The van der Waals surface area contributed by atoms with Crippen molar-refractivity contribution in [3.63, 3.8) is 0 Å². The highest BCUT2D eigenvalue weighted by Crippen LogP contribution is 2.01. The lowest BCUT2D eigenvalue weighted by Crippen LogP contribution is -2.10. The van der Waals surface area contributed by atoms with E-state index < -0.39 is 0 Å². The van der Waals surface area contributed by atoms with Gasteiger partial charge in [-0.15, -0.1) is 0 Å². The molecule has 1 rings (SSSR count). The molecule has 0 bridgehead atoms. The van der Waals surface area contributed by atoms with Crippen LogP contribution in [0.1, 0.15) is 5.69 Å². The maximum absolute atomic E-state index is 11.1. The zero-order valence-corrected chi connectivity index (χ0v) is 8.55. The number of aromatic amines is 1. The number of rotatable bonds is 2. The molecule has 1 aromatic heterocycles. The second kappa shape index (κ2) is 4.23. The highest BCUT2D eigenvalue weighted by Gasteiger charge is 2.04. The molecule has 0 fully saturated rings. The van der Waals surface area contributed by atoms with Gasteiger partial charge in [0.1, 0.15) is 0 Å². The number of H-pyrrole nitrogens is 1. The molecule has 0 saturated heterocycles. The third kappa shape index (κ3) is 2.69. The van der Waals surface area contributed by atoms with Gasteiger partial charge in [0.15, 0.2) is 5.43 Å². The van der Waals surface area contributed by atoms with Crippen molar-refractivity contribution in [2.75, 3.05) is 7.11 Å².